The van der Waals surface area contributed by atoms with Gasteiger partial charge in [-0.2, -0.15) is 15.0 Å². The molecule has 1 aromatic rings. The van der Waals surface area contributed by atoms with Crippen LogP contribution in [0.3, 0.4) is 0 Å². The van der Waals surface area contributed by atoms with Crippen molar-refractivity contribution in [1.29, 1.82) is 0 Å². The van der Waals surface area contributed by atoms with E-state index in [1.165, 1.54) is 12.8 Å². The Balaban J connectivity index is 2.10. The van der Waals surface area contributed by atoms with E-state index in [0.29, 0.717) is 11.9 Å². The fraction of sp³-hybridized carbons (Fsp3) is 0.750. The van der Waals surface area contributed by atoms with E-state index < -0.39 is 0 Å². The zero-order valence-electron chi connectivity index (χ0n) is 11.2. The molecule has 2 heterocycles. The minimum absolute atomic E-state index is 0.174. The minimum atomic E-state index is 0.174. The Hall–Kier alpha value is -1.10. The van der Waals surface area contributed by atoms with Gasteiger partial charge >= 0.3 is 0 Å². The van der Waals surface area contributed by atoms with Gasteiger partial charge in [0.1, 0.15) is 0 Å². The molecule has 6 heteroatoms. The van der Waals surface area contributed by atoms with Gasteiger partial charge in [0.05, 0.1) is 0 Å². The van der Waals surface area contributed by atoms with Crippen LogP contribution in [0.15, 0.2) is 0 Å². The number of hydrogen-bond acceptors (Lipinski definition) is 5. The second-order valence-electron chi connectivity index (χ2n) is 5.84. The Labute approximate surface area is 113 Å². The zero-order chi connectivity index (χ0) is 13.2. The number of aromatic nitrogens is 3. The van der Waals surface area contributed by atoms with Gasteiger partial charge in [-0.15, -0.1) is 0 Å². The largest absolute Gasteiger partial charge is 0.354 e. The van der Waals surface area contributed by atoms with Gasteiger partial charge in [0.2, 0.25) is 17.2 Å². The average Bonchev–Trinajstić information content (AvgIpc) is 2.78. The van der Waals surface area contributed by atoms with Crippen molar-refractivity contribution in [2.45, 2.75) is 33.6 Å². The molecular formula is C12H20ClN5. The van der Waals surface area contributed by atoms with E-state index >= 15 is 0 Å². The van der Waals surface area contributed by atoms with Crippen LogP contribution in [0.4, 0.5) is 11.9 Å². The molecule has 18 heavy (non-hydrogen) atoms. The van der Waals surface area contributed by atoms with Crippen LogP contribution in [0.5, 0.6) is 0 Å². The molecule has 0 amide bonds. The maximum atomic E-state index is 5.95. The molecule has 0 spiro atoms. The summed E-state index contributed by atoms with van der Waals surface area (Å²) in [4.78, 5) is 14.9. The monoisotopic (exact) mass is 269 g/mol. The first-order valence-electron chi connectivity index (χ1n) is 6.34. The van der Waals surface area contributed by atoms with Crippen molar-refractivity contribution < 1.29 is 0 Å². The highest BCUT2D eigenvalue weighted by atomic mass is 35.5. The molecule has 1 fully saturated rings. The van der Waals surface area contributed by atoms with Crippen LogP contribution < -0.4 is 10.2 Å². The fourth-order valence-corrected chi connectivity index (χ4v) is 1.98. The molecule has 100 valence electrons. The summed E-state index contributed by atoms with van der Waals surface area (Å²) >= 11 is 5.95. The SMILES string of the molecule is CC(C)(C)CNc1nc(Cl)nc(N2CCCC2)n1. The third kappa shape index (κ3) is 3.70. The van der Waals surface area contributed by atoms with Gasteiger partial charge in [0.15, 0.2) is 0 Å². The number of anilines is 2. The van der Waals surface area contributed by atoms with Gasteiger partial charge in [0, 0.05) is 19.6 Å². The lowest BCUT2D eigenvalue weighted by Gasteiger charge is -2.20. The third-order valence-corrected chi connectivity index (χ3v) is 2.93. The summed E-state index contributed by atoms with van der Waals surface area (Å²) in [6, 6.07) is 0. The lowest BCUT2D eigenvalue weighted by atomic mass is 9.97. The Morgan fingerprint density at radius 1 is 1.17 bits per heavy atom. The van der Waals surface area contributed by atoms with E-state index in [-0.39, 0.29) is 10.7 Å². The van der Waals surface area contributed by atoms with E-state index in [4.69, 9.17) is 11.6 Å². The van der Waals surface area contributed by atoms with E-state index in [2.05, 4.69) is 45.9 Å². The van der Waals surface area contributed by atoms with E-state index in [9.17, 15) is 0 Å². The number of halogens is 1. The molecular weight excluding hydrogens is 250 g/mol. The minimum Gasteiger partial charge on any atom is -0.354 e. The predicted octanol–water partition coefficient (Wildman–Crippen LogP) is 2.58. The van der Waals surface area contributed by atoms with Crippen LogP contribution in [0.1, 0.15) is 33.6 Å². The smallest absolute Gasteiger partial charge is 0.231 e. The molecule has 1 aliphatic heterocycles. The summed E-state index contributed by atoms with van der Waals surface area (Å²) in [6.45, 7) is 9.27. The molecule has 0 atom stereocenters. The molecule has 0 bridgehead atoms. The maximum absolute atomic E-state index is 5.95. The van der Waals surface area contributed by atoms with Crippen molar-refractivity contribution in [3.8, 4) is 0 Å². The van der Waals surface area contributed by atoms with Gasteiger partial charge in [-0.25, -0.2) is 0 Å². The summed E-state index contributed by atoms with van der Waals surface area (Å²) in [5.41, 5.74) is 0.174. The third-order valence-electron chi connectivity index (χ3n) is 2.76. The number of hydrogen-bond donors (Lipinski definition) is 1. The summed E-state index contributed by atoms with van der Waals surface area (Å²) in [6.07, 6.45) is 2.38. The highest BCUT2D eigenvalue weighted by molar-refractivity contribution is 6.28. The van der Waals surface area contributed by atoms with Gasteiger partial charge in [0.25, 0.3) is 0 Å². The highest BCUT2D eigenvalue weighted by Crippen LogP contribution is 2.19. The Bertz CT molecular complexity index is 409. The Morgan fingerprint density at radius 2 is 1.83 bits per heavy atom. The van der Waals surface area contributed by atoms with E-state index in [1.807, 2.05) is 0 Å². The molecule has 1 aromatic heterocycles. The number of nitrogens with zero attached hydrogens (tertiary/aromatic N) is 4. The first-order chi connectivity index (χ1) is 8.44. The normalized spacial score (nSPS) is 16.1. The summed E-state index contributed by atoms with van der Waals surface area (Å²) in [7, 11) is 0. The number of rotatable bonds is 3. The van der Waals surface area contributed by atoms with E-state index in [1.54, 1.807) is 0 Å². The molecule has 0 saturated carbocycles. The first kappa shape index (κ1) is 13.3. The number of nitrogens with one attached hydrogen (secondary N) is 1. The van der Waals surface area contributed by atoms with Crippen molar-refractivity contribution in [3.05, 3.63) is 5.28 Å². The molecule has 0 unspecified atom stereocenters. The van der Waals surface area contributed by atoms with Crippen molar-refractivity contribution >= 4 is 23.5 Å². The second-order valence-corrected chi connectivity index (χ2v) is 6.17. The van der Waals surface area contributed by atoms with Crippen LogP contribution >= 0.6 is 11.6 Å². The standard InChI is InChI=1S/C12H20ClN5/c1-12(2,3)8-14-10-15-9(13)16-11(17-10)18-6-4-5-7-18/h4-8H2,1-3H3,(H,14,15,16,17). The van der Waals surface area contributed by atoms with Crippen LogP contribution in [0, 0.1) is 5.41 Å². The quantitative estimate of drug-likeness (QED) is 0.914. The lowest BCUT2D eigenvalue weighted by molar-refractivity contribution is 0.441. The first-order valence-corrected chi connectivity index (χ1v) is 6.72. The Kier molecular flexibility index (Phi) is 3.90. The molecule has 2 rings (SSSR count). The molecule has 1 aliphatic rings. The highest BCUT2D eigenvalue weighted by Gasteiger charge is 2.17. The van der Waals surface area contributed by atoms with Gasteiger partial charge in [-0.1, -0.05) is 20.8 Å². The topological polar surface area (TPSA) is 53.9 Å². The van der Waals surface area contributed by atoms with Crippen LogP contribution in [-0.4, -0.2) is 34.6 Å². The predicted molar refractivity (Wildman–Crippen MR) is 74.2 cm³/mol. The Morgan fingerprint density at radius 3 is 2.44 bits per heavy atom. The van der Waals surface area contributed by atoms with Crippen LogP contribution in [0.25, 0.3) is 0 Å². The maximum Gasteiger partial charge on any atom is 0.231 e. The zero-order valence-corrected chi connectivity index (χ0v) is 12.0. The molecule has 1 saturated heterocycles. The van der Waals surface area contributed by atoms with Crippen LogP contribution in [-0.2, 0) is 0 Å². The fourth-order valence-electron chi connectivity index (χ4n) is 1.82. The summed E-state index contributed by atoms with van der Waals surface area (Å²) in [5, 5.41) is 3.47. The van der Waals surface area contributed by atoms with Crippen LogP contribution in [0.2, 0.25) is 5.28 Å². The molecule has 0 aromatic carbocycles. The van der Waals surface area contributed by atoms with Gasteiger partial charge in [-0.3, -0.25) is 0 Å². The van der Waals surface area contributed by atoms with Gasteiger partial charge < -0.3 is 10.2 Å². The molecule has 0 aliphatic carbocycles. The lowest BCUT2D eigenvalue weighted by Crippen LogP contribution is -2.23. The van der Waals surface area contributed by atoms with Crippen molar-refractivity contribution in [2.75, 3.05) is 29.9 Å². The second kappa shape index (κ2) is 5.26. The molecule has 1 N–H and O–H groups in total. The van der Waals surface area contributed by atoms with Crippen molar-refractivity contribution in [3.63, 3.8) is 0 Å². The van der Waals surface area contributed by atoms with Gasteiger partial charge in [-0.05, 0) is 29.9 Å². The molecule has 5 nitrogen and oxygen atoms in total. The van der Waals surface area contributed by atoms with Crippen molar-refractivity contribution in [2.24, 2.45) is 5.41 Å². The van der Waals surface area contributed by atoms with E-state index in [0.717, 1.165) is 19.6 Å². The average molecular weight is 270 g/mol. The summed E-state index contributed by atoms with van der Waals surface area (Å²) in [5.74, 6) is 1.25. The summed E-state index contributed by atoms with van der Waals surface area (Å²) < 4.78 is 0. The van der Waals surface area contributed by atoms with Crippen molar-refractivity contribution in [1.82, 2.24) is 15.0 Å². The molecule has 0 radical (unpaired) electrons.